The lowest BCUT2D eigenvalue weighted by Crippen LogP contribution is -2.41. The SMILES string of the molecule is CC(C)(C)[Si](C)(C)OCCc1sccc1C=O.c1cc(C2OCCO2)cs1. The van der Waals surface area contributed by atoms with Crippen LogP contribution in [0.15, 0.2) is 28.3 Å². The minimum Gasteiger partial charge on any atom is -0.416 e. The Bertz CT molecular complexity index is 683. The van der Waals surface area contributed by atoms with Gasteiger partial charge in [-0.2, -0.15) is 11.3 Å². The Morgan fingerprint density at radius 2 is 1.93 bits per heavy atom. The normalized spacial score (nSPS) is 15.4. The average molecular weight is 427 g/mol. The summed E-state index contributed by atoms with van der Waals surface area (Å²) in [4.78, 5) is 11.9. The van der Waals surface area contributed by atoms with Gasteiger partial charge in [-0.15, -0.1) is 11.3 Å². The molecule has 0 saturated carbocycles. The zero-order valence-corrected chi connectivity index (χ0v) is 19.5. The molecule has 3 rings (SSSR count). The van der Waals surface area contributed by atoms with Crippen molar-refractivity contribution in [2.45, 2.75) is 51.6 Å². The van der Waals surface area contributed by atoms with Crippen LogP contribution < -0.4 is 0 Å². The molecule has 0 bridgehead atoms. The maximum absolute atomic E-state index is 10.8. The molecule has 0 atom stereocenters. The fourth-order valence-corrected chi connectivity index (χ4v) is 4.77. The summed E-state index contributed by atoms with van der Waals surface area (Å²) in [7, 11) is -1.65. The Kier molecular flexibility index (Phi) is 8.39. The summed E-state index contributed by atoms with van der Waals surface area (Å²) in [5.41, 5.74) is 1.95. The van der Waals surface area contributed by atoms with Crippen molar-refractivity contribution in [3.63, 3.8) is 0 Å². The highest BCUT2D eigenvalue weighted by Gasteiger charge is 2.36. The molecule has 0 aliphatic carbocycles. The van der Waals surface area contributed by atoms with Gasteiger partial charge in [0.05, 0.1) is 13.2 Å². The molecule has 1 aliphatic rings. The van der Waals surface area contributed by atoms with E-state index < -0.39 is 8.32 Å². The number of thiophene rings is 2. The molecule has 27 heavy (non-hydrogen) atoms. The summed E-state index contributed by atoms with van der Waals surface area (Å²) in [6.45, 7) is 13.4. The van der Waals surface area contributed by atoms with Crippen molar-refractivity contribution in [3.05, 3.63) is 44.3 Å². The standard InChI is InChI=1S/C13H22O2SSi.C7H8O2S/c1-13(2,3)17(4,5)15-8-6-12-11(10-14)7-9-16-12;1-4-10-5-6(1)7-8-2-3-9-7/h7,9-10H,6,8H2,1-5H3;1,4-5,7H,2-3H2. The Labute approximate surface area is 171 Å². The fraction of sp³-hybridized carbons (Fsp3) is 0.550. The number of aldehydes is 1. The first-order valence-corrected chi connectivity index (χ1v) is 13.9. The van der Waals surface area contributed by atoms with E-state index in [1.165, 1.54) is 0 Å². The van der Waals surface area contributed by atoms with E-state index in [0.29, 0.717) is 0 Å². The smallest absolute Gasteiger partial charge is 0.191 e. The Balaban J connectivity index is 0.000000219. The predicted molar refractivity (Wildman–Crippen MR) is 116 cm³/mol. The van der Waals surface area contributed by atoms with Crippen molar-refractivity contribution in [1.82, 2.24) is 0 Å². The molecule has 0 unspecified atom stereocenters. The lowest BCUT2D eigenvalue weighted by atomic mass is 10.2. The summed E-state index contributed by atoms with van der Waals surface area (Å²) in [5.74, 6) is 0. The second-order valence-corrected chi connectivity index (χ2v) is 14.5. The molecule has 2 aromatic heterocycles. The van der Waals surface area contributed by atoms with E-state index in [1.807, 2.05) is 22.9 Å². The van der Waals surface area contributed by atoms with Crippen LogP contribution in [-0.2, 0) is 20.3 Å². The molecule has 3 heterocycles. The van der Waals surface area contributed by atoms with Gasteiger partial charge in [-0.25, -0.2) is 0 Å². The summed E-state index contributed by atoms with van der Waals surface area (Å²) >= 11 is 3.30. The highest BCUT2D eigenvalue weighted by Crippen LogP contribution is 2.36. The monoisotopic (exact) mass is 426 g/mol. The minimum atomic E-state index is -1.65. The third-order valence-electron chi connectivity index (χ3n) is 4.94. The van der Waals surface area contributed by atoms with Crippen LogP contribution in [0.2, 0.25) is 18.1 Å². The van der Waals surface area contributed by atoms with E-state index in [0.717, 1.165) is 48.5 Å². The zero-order valence-electron chi connectivity index (χ0n) is 16.8. The second kappa shape index (κ2) is 10.1. The first kappa shape index (κ1) is 22.5. The lowest BCUT2D eigenvalue weighted by Gasteiger charge is -2.36. The van der Waals surface area contributed by atoms with Crippen LogP contribution in [0.25, 0.3) is 0 Å². The molecule has 1 aliphatic heterocycles. The second-order valence-electron chi connectivity index (χ2n) is 7.91. The van der Waals surface area contributed by atoms with E-state index in [4.69, 9.17) is 13.9 Å². The number of hydrogen-bond acceptors (Lipinski definition) is 6. The summed E-state index contributed by atoms with van der Waals surface area (Å²) in [5, 5.41) is 6.29. The Morgan fingerprint density at radius 1 is 1.22 bits per heavy atom. The average Bonchev–Trinajstić information content (AvgIpc) is 3.35. The molecule has 0 amide bonds. The molecule has 7 heteroatoms. The van der Waals surface area contributed by atoms with Crippen molar-refractivity contribution in [1.29, 1.82) is 0 Å². The van der Waals surface area contributed by atoms with Crippen molar-refractivity contribution in [2.24, 2.45) is 0 Å². The van der Waals surface area contributed by atoms with Crippen molar-refractivity contribution >= 4 is 37.3 Å². The molecular weight excluding hydrogens is 396 g/mol. The van der Waals surface area contributed by atoms with Crippen molar-refractivity contribution in [3.8, 4) is 0 Å². The topological polar surface area (TPSA) is 44.8 Å². The van der Waals surface area contributed by atoms with Gasteiger partial charge in [0, 0.05) is 29.0 Å². The summed E-state index contributed by atoms with van der Waals surface area (Å²) in [6, 6.07) is 3.90. The van der Waals surface area contributed by atoms with Crippen LogP contribution in [0.5, 0.6) is 0 Å². The molecule has 2 aromatic rings. The molecule has 4 nitrogen and oxygen atoms in total. The van der Waals surface area contributed by atoms with Crippen LogP contribution in [-0.4, -0.2) is 34.4 Å². The molecule has 0 spiro atoms. The summed E-state index contributed by atoms with van der Waals surface area (Å²) in [6.07, 6.45) is 1.68. The van der Waals surface area contributed by atoms with Gasteiger partial charge in [0.25, 0.3) is 0 Å². The molecule has 1 fully saturated rings. The van der Waals surface area contributed by atoms with E-state index in [1.54, 1.807) is 22.7 Å². The Hall–Kier alpha value is -0.833. The number of carbonyl (C=O) groups is 1. The first-order valence-electron chi connectivity index (χ1n) is 9.15. The lowest BCUT2D eigenvalue weighted by molar-refractivity contribution is -0.0438. The highest BCUT2D eigenvalue weighted by molar-refractivity contribution is 7.10. The zero-order chi connectivity index (χ0) is 19.9. The molecule has 0 aromatic carbocycles. The van der Waals surface area contributed by atoms with Crippen LogP contribution in [0.3, 0.4) is 0 Å². The number of ether oxygens (including phenoxy) is 2. The number of carbonyl (C=O) groups excluding carboxylic acids is 1. The summed E-state index contributed by atoms with van der Waals surface area (Å²) < 4.78 is 16.7. The minimum absolute atomic E-state index is 0.0914. The van der Waals surface area contributed by atoms with Crippen molar-refractivity contribution < 1.29 is 18.7 Å². The van der Waals surface area contributed by atoms with Gasteiger partial charge in [0.2, 0.25) is 0 Å². The van der Waals surface area contributed by atoms with E-state index in [-0.39, 0.29) is 11.3 Å². The van der Waals surface area contributed by atoms with Gasteiger partial charge in [-0.3, -0.25) is 4.79 Å². The number of hydrogen-bond donors (Lipinski definition) is 0. The van der Waals surface area contributed by atoms with Crippen LogP contribution in [0.1, 0.15) is 47.9 Å². The highest BCUT2D eigenvalue weighted by atomic mass is 32.1. The maximum atomic E-state index is 10.8. The van der Waals surface area contributed by atoms with E-state index in [2.05, 4.69) is 39.2 Å². The third-order valence-corrected chi connectivity index (χ3v) is 11.2. The van der Waals surface area contributed by atoms with Crippen LogP contribution in [0, 0.1) is 0 Å². The van der Waals surface area contributed by atoms with Gasteiger partial charge >= 0.3 is 0 Å². The first-order chi connectivity index (χ1) is 12.7. The predicted octanol–water partition coefficient (Wildman–Crippen LogP) is 5.92. The van der Waals surface area contributed by atoms with Gasteiger partial charge in [0.1, 0.15) is 0 Å². The quantitative estimate of drug-likeness (QED) is 0.425. The molecular formula is C20H30O4S2Si. The van der Waals surface area contributed by atoms with Gasteiger partial charge in [-0.05, 0) is 46.4 Å². The third kappa shape index (κ3) is 6.62. The van der Waals surface area contributed by atoms with E-state index >= 15 is 0 Å². The largest absolute Gasteiger partial charge is 0.416 e. The van der Waals surface area contributed by atoms with Gasteiger partial charge in [0.15, 0.2) is 20.9 Å². The molecule has 0 radical (unpaired) electrons. The van der Waals surface area contributed by atoms with Crippen LogP contribution in [0.4, 0.5) is 0 Å². The van der Waals surface area contributed by atoms with Crippen LogP contribution >= 0.6 is 22.7 Å². The van der Waals surface area contributed by atoms with E-state index in [9.17, 15) is 4.79 Å². The van der Waals surface area contributed by atoms with Crippen molar-refractivity contribution in [2.75, 3.05) is 19.8 Å². The van der Waals surface area contributed by atoms with Gasteiger partial charge in [-0.1, -0.05) is 20.8 Å². The molecule has 1 saturated heterocycles. The molecule has 0 N–H and O–H groups in total. The maximum Gasteiger partial charge on any atom is 0.191 e. The van der Waals surface area contributed by atoms with Gasteiger partial charge < -0.3 is 13.9 Å². The fourth-order valence-electron chi connectivity index (χ4n) is 2.23. The molecule has 150 valence electrons. The number of rotatable bonds is 6. The Morgan fingerprint density at radius 3 is 2.48 bits per heavy atom.